The summed E-state index contributed by atoms with van der Waals surface area (Å²) in [6, 6.07) is 13.9. The predicted molar refractivity (Wildman–Crippen MR) is 116 cm³/mol. The lowest BCUT2D eigenvalue weighted by atomic mass is 9.84. The van der Waals surface area contributed by atoms with Gasteiger partial charge in [-0.25, -0.2) is 0 Å². The molecule has 0 fully saturated rings. The molecule has 1 aliphatic rings. The van der Waals surface area contributed by atoms with Gasteiger partial charge in [-0.15, -0.1) is 0 Å². The zero-order valence-electron chi connectivity index (χ0n) is 18.0. The Hall–Kier alpha value is -2.53. The first-order valence-electron chi connectivity index (χ1n) is 10.4. The van der Waals surface area contributed by atoms with E-state index in [0.717, 1.165) is 36.7 Å². The molecule has 1 heterocycles. The molecule has 29 heavy (non-hydrogen) atoms. The smallest absolute Gasteiger partial charge is 0.251 e. The first kappa shape index (κ1) is 21.2. The van der Waals surface area contributed by atoms with Crippen molar-refractivity contribution in [2.45, 2.75) is 39.7 Å². The van der Waals surface area contributed by atoms with Crippen LogP contribution in [0.1, 0.15) is 49.2 Å². The molecule has 0 atom stereocenters. The molecule has 1 N–H and O–H groups in total. The zero-order valence-corrected chi connectivity index (χ0v) is 18.0. The number of fused-ring (bicyclic) bond motifs is 1. The van der Waals surface area contributed by atoms with Gasteiger partial charge in [-0.1, -0.05) is 45.9 Å². The Labute approximate surface area is 174 Å². The molecule has 0 aliphatic carbocycles. The minimum absolute atomic E-state index is 0.0509. The van der Waals surface area contributed by atoms with Crippen molar-refractivity contribution in [1.29, 1.82) is 0 Å². The molecular weight excluding hydrogens is 364 g/mol. The molecule has 5 heteroatoms. The summed E-state index contributed by atoms with van der Waals surface area (Å²) in [4.78, 5) is 15.0. The van der Waals surface area contributed by atoms with Crippen LogP contribution >= 0.6 is 0 Å². The number of rotatable bonds is 8. The van der Waals surface area contributed by atoms with Crippen LogP contribution in [0.3, 0.4) is 0 Å². The van der Waals surface area contributed by atoms with Crippen LogP contribution in [0.5, 0.6) is 11.5 Å². The minimum atomic E-state index is -0.228. The molecular formula is C24H32N2O3. The summed E-state index contributed by atoms with van der Waals surface area (Å²) >= 11 is 0. The van der Waals surface area contributed by atoms with Gasteiger partial charge in [0.1, 0.15) is 13.2 Å². The quantitative estimate of drug-likeness (QED) is 0.733. The molecule has 2 aromatic rings. The number of benzene rings is 2. The van der Waals surface area contributed by atoms with Crippen LogP contribution in [0, 0.1) is 0 Å². The molecule has 5 nitrogen and oxygen atoms in total. The summed E-state index contributed by atoms with van der Waals surface area (Å²) in [5, 5.41) is 3.08. The molecule has 0 saturated carbocycles. The van der Waals surface area contributed by atoms with Gasteiger partial charge in [-0.05, 0) is 48.5 Å². The van der Waals surface area contributed by atoms with Crippen LogP contribution in [-0.2, 0) is 12.0 Å². The third-order valence-corrected chi connectivity index (χ3v) is 5.53. The van der Waals surface area contributed by atoms with Gasteiger partial charge in [0.05, 0.1) is 0 Å². The van der Waals surface area contributed by atoms with E-state index in [2.05, 4.69) is 37.9 Å². The number of amides is 1. The van der Waals surface area contributed by atoms with Crippen LogP contribution in [0.4, 0.5) is 0 Å². The molecule has 0 spiro atoms. The van der Waals surface area contributed by atoms with E-state index in [9.17, 15) is 4.79 Å². The summed E-state index contributed by atoms with van der Waals surface area (Å²) < 4.78 is 11.3. The van der Waals surface area contributed by atoms with Gasteiger partial charge in [0.25, 0.3) is 5.91 Å². The lowest BCUT2D eigenvalue weighted by molar-refractivity contribution is 0.0945. The fourth-order valence-corrected chi connectivity index (χ4v) is 3.44. The van der Waals surface area contributed by atoms with Gasteiger partial charge in [0.15, 0.2) is 11.5 Å². The lowest BCUT2D eigenvalue weighted by Crippen LogP contribution is -2.36. The second-order valence-electron chi connectivity index (χ2n) is 8.08. The Morgan fingerprint density at radius 1 is 1.00 bits per heavy atom. The van der Waals surface area contributed by atoms with Crippen molar-refractivity contribution in [1.82, 2.24) is 10.2 Å². The van der Waals surface area contributed by atoms with E-state index in [-0.39, 0.29) is 11.3 Å². The van der Waals surface area contributed by atoms with Crippen molar-refractivity contribution < 1.29 is 14.3 Å². The van der Waals surface area contributed by atoms with Gasteiger partial charge in [0, 0.05) is 24.1 Å². The maximum absolute atomic E-state index is 12.6. The Kier molecular flexibility index (Phi) is 6.80. The molecule has 0 aromatic heterocycles. The predicted octanol–water partition coefficient (Wildman–Crippen LogP) is 4.01. The number of hydrogen-bond donors (Lipinski definition) is 1. The number of carbonyl (C=O) groups is 1. The van der Waals surface area contributed by atoms with Crippen LogP contribution in [-0.4, -0.2) is 43.7 Å². The van der Waals surface area contributed by atoms with E-state index < -0.39 is 0 Å². The maximum atomic E-state index is 12.6. The second-order valence-corrected chi connectivity index (χ2v) is 8.08. The SMILES string of the molecule is CCN(CC)Cc1ccc(C(=O)NCC(C)(C)c2ccc3c(c2)OCCO3)cc1. The Morgan fingerprint density at radius 2 is 1.66 bits per heavy atom. The molecule has 1 aliphatic heterocycles. The van der Waals surface area contributed by atoms with Crippen LogP contribution in [0.15, 0.2) is 42.5 Å². The average Bonchev–Trinajstić information content (AvgIpc) is 2.76. The number of hydrogen-bond acceptors (Lipinski definition) is 4. The summed E-state index contributed by atoms with van der Waals surface area (Å²) in [6.45, 7) is 13.2. The highest BCUT2D eigenvalue weighted by atomic mass is 16.6. The normalized spacial score (nSPS) is 13.4. The second kappa shape index (κ2) is 9.31. The van der Waals surface area contributed by atoms with Crippen molar-refractivity contribution in [2.75, 3.05) is 32.8 Å². The van der Waals surface area contributed by atoms with Crippen molar-refractivity contribution in [3.63, 3.8) is 0 Å². The van der Waals surface area contributed by atoms with Crippen molar-refractivity contribution in [3.05, 3.63) is 59.2 Å². The van der Waals surface area contributed by atoms with Crippen molar-refractivity contribution >= 4 is 5.91 Å². The summed E-state index contributed by atoms with van der Waals surface area (Å²) in [5.74, 6) is 1.51. The summed E-state index contributed by atoms with van der Waals surface area (Å²) in [5.41, 5.74) is 2.79. The van der Waals surface area contributed by atoms with Gasteiger partial charge in [0.2, 0.25) is 0 Å². The fraction of sp³-hybridized carbons (Fsp3) is 0.458. The van der Waals surface area contributed by atoms with E-state index in [4.69, 9.17) is 9.47 Å². The highest BCUT2D eigenvalue weighted by Crippen LogP contribution is 2.34. The van der Waals surface area contributed by atoms with Gasteiger partial charge >= 0.3 is 0 Å². The number of ether oxygens (including phenoxy) is 2. The molecule has 0 saturated heterocycles. The first-order chi connectivity index (χ1) is 13.9. The van der Waals surface area contributed by atoms with Crippen LogP contribution < -0.4 is 14.8 Å². The number of nitrogens with zero attached hydrogens (tertiary/aromatic N) is 1. The standard InChI is InChI=1S/C24H32N2O3/c1-5-26(6-2)16-18-7-9-19(10-8-18)23(27)25-17-24(3,4)20-11-12-21-22(15-20)29-14-13-28-21/h7-12,15H,5-6,13-14,16-17H2,1-4H3,(H,25,27). The van der Waals surface area contributed by atoms with E-state index >= 15 is 0 Å². The maximum Gasteiger partial charge on any atom is 0.251 e. The lowest BCUT2D eigenvalue weighted by Gasteiger charge is -2.28. The Bertz CT molecular complexity index is 827. The van der Waals surface area contributed by atoms with Gasteiger partial charge < -0.3 is 14.8 Å². The summed E-state index contributed by atoms with van der Waals surface area (Å²) in [6.07, 6.45) is 0. The van der Waals surface area contributed by atoms with E-state index in [1.54, 1.807) is 0 Å². The Morgan fingerprint density at radius 3 is 2.31 bits per heavy atom. The first-order valence-corrected chi connectivity index (χ1v) is 10.4. The molecule has 2 aromatic carbocycles. The van der Waals surface area contributed by atoms with Crippen molar-refractivity contribution in [3.8, 4) is 11.5 Å². The Balaban J connectivity index is 1.60. The van der Waals surface area contributed by atoms with E-state index in [0.29, 0.717) is 25.3 Å². The third-order valence-electron chi connectivity index (χ3n) is 5.53. The fourth-order valence-electron chi connectivity index (χ4n) is 3.44. The minimum Gasteiger partial charge on any atom is -0.486 e. The number of nitrogens with one attached hydrogen (secondary N) is 1. The van der Waals surface area contributed by atoms with Gasteiger partial charge in [-0.2, -0.15) is 0 Å². The van der Waals surface area contributed by atoms with E-state index in [1.807, 2.05) is 42.5 Å². The molecule has 3 rings (SSSR count). The molecule has 0 unspecified atom stereocenters. The third kappa shape index (κ3) is 5.30. The topological polar surface area (TPSA) is 50.8 Å². The molecule has 156 valence electrons. The molecule has 0 bridgehead atoms. The zero-order chi connectivity index (χ0) is 20.9. The summed E-state index contributed by atoms with van der Waals surface area (Å²) in [7, 11) is 0. The van der Waals surface area contributed by atoms with Crippen LogP contribution in [0.2, 0.25) is 0 Å². The molecule has 0 radical (unpaired) electrons. The highest BCUT2D eigenvalue weighted by Gasteiger charge is 2.24. The monoisotopic (exact) mass is 396 g/mol. The highest BCUT2D eigenvalue weighted by molar-refractivity contribution is 5.94. The number of carbonyl (C=O) groups excluding carboxylic acids is 1. The van der Waals surface area contributed by atoms with E-state index in [1.165, 1.54) is 5.56 Å². The average molecular weight is 397 g/mol. The van der Waals surface area contributed by atoms with Crippen molar-refractivity contribution in [2.24, 2.45) is 0 Å². The van der Waals surface area contributed by atoms with Gasteiger partial charge in [-0.3, -0.25) is 9.69 Å². The largest absolute Gasteiger partial charge is 0.486 e. The van der Waals surface area contributed by atoms with Crippen LogP contribution in [0.25, 0.3) is 0 Å². The molecule has 1 amide bonds.